The van der Waals surface area contributed by atoms with Gasteiger partial charge in [-0.05, 0) is 77.8 Å². The van der Waals surface area contributed by atoms with Crippen molar-refractivity contribution in [2.45, 2.75) is 0 Å². The summed E-state index contributed by atoms with van der Waals surface area (Å²) in [6, 6.07) is 52.4. The highest BCUT2D eigenvalue weighted by molar-refractivity contribution is 6.86. The Bertz CT molecular complexity index is 2590. The maximum absolute atomic E-state index is 6.45. The molecule has 8 heteroatoms. The van der Waals surface area contributed by atoms with Gasteiger partial charge in [-0.25, -0.2) is 9.97 Å². The Balaban J connectivity index is 0.980. The Morgan fingerprint density at radius 1 is 0.520 bits per heavy atom. The molecule has 11 rings (SSSR count). The summed E-state index contributed by atoms with van der Waals surface area (Å²) in [5, 5.41) is 0. The molecule has 0 bridgehead atoms. The molecule has 0 aliphatic carbocycles. The summed E-state index contributed by atoms with van der Waals surface area (Å²) in [6.07, 6.45) is 1.86. The molecule has 3 aliphatic rings. The summed E-state index contributed by atoms with van der Waals surface area (Å²) in [6.45, 7) is -0.0528. The lowest BCUT2D eigenvalue weighted by molar-refractivity contribution is 0.477. The van der Waals surface area contributed by atoms with Crippen molar-refractivity contribution in [2.24, 2.45) is 0 Å². The van der Waals surface area contributed by atoms with Gasteiger partial charge in [0.1, 0.15) is 11.2 Å². The number of benzene rings is 6. The van der Waals surface area contributed by atoms with Crippen molar-refractivity contribution in [1.82, 2.24) is 9.97 Å². The second-order valence-corrected chi connectivity index (χ2v) is 12.7. The monoisotopic (exact) mass is 643 g/mol. The second kappa shape index (κ2) is 10.4. The summed E-state index contributed by atoms with van der Waals surface area (Å²) in [4.78, 5) is 16.7. The Morgan fingerprint density at radius 2 is 1.14 bits per heavy atom. The lowest BCUT2D eigenvalue weighted by Crippen LogP contribution is -2.55. The van der Waals surface area contributed by atoms with Gasteiger partial charge < -0.3 is 23.7 Å². The van der Waals surface area contributed by atoms with Gasteiger partial charge in [-0.2, -0.15) is 0 Å². The summed E-state index contributed by atoms with van der Waals surface area (Å²) in [7, 11) is 0. The van der Waals surface area contributed by atoms with Gasteiger partial charge >= 0.3 is 6.98 Å². The van der Waals surface area contributed by atoms with Crippen LogP contribution in [0.2, 0.25) is 0 Å². The first-order chi connectivity index (χ1) is 24.8. The van der Waals surface area contributed by atoms with Crippen molar-refractivity contribution in [1.29, 1.82) is 0 Å². The third-order valence-electron chi connectivity index (χ3n) is 9.89. The van der Waals surface area contributed by atoms with Crippen molar-refractivity contribution in [3.63, 3.8) is 0 Å². The molecule has 0 atom stereocenters. The zero-order valence-corrected chi connectivity index (χ0v) is 26.6. The van der Waals surface area contributed by atoms with E-state index in [0.29, 0.717) is 17.2 Å². The topological polar surface area (TPSA) is 57.9 Å². The van der Waals surface area contributed by atoms with Crippen LogP contribution in [0.4, 0.5) is 39.8 Å². The number of para-hydroxylation sites is 7. The van der Waals surface area contributed by atoms with Gasteiger partial charge in [0.15, 0.2) is 17.1 Å². The molecule has 5 heterocycles. The van der Waals surface area contributed by atoms with Gasteiger partial charge in [0.05, 0.1) is 34.6 Å². The Hall–Kier alpha value is -6.80. The molecule has 0 spiro atoms. The minimum Gasteiger partial charge on any atom is -0.453 e. The zero-order valence-electron chi connectivity index (χ0n) is 26.6. The predicted molar refractivity (Wildman–Crippen MR) is 200 cm³/mol. The highest BCUT2D eigenvalue weighted by Crippen LogP contribution is 2.52. The highest BCUT2D eigenvalue weighted by Gasteiger charge is 2.47. The molecule has 0 N–H and O–H groups in total. The number of rotatable bonds is 3. The molecule has 0 amide bonds. The first kappa shape index (κ1) is 27.2. The van der Waals surface area contributed by atoms with E-state index in [4.69, 9.17) is 19.1 Å². The quantitative estimate of drug-likeness (QED) is 0.178. The van der Waals surface area contributed by atoms with Crippen molar-refractivity contribution < 1.29 is 9.15 Å². The molecule has 8 aromatic rings. The van der Waals surface area contributed by atoms with Gasteiger partial charge in [0.2, 0.25) is 5.89 Å². The molecule has 0 unspecified atom stereocenters. The lowest BCUT2D eigenvalue weighted by atomic mass is 9.59. The van der Waals surface area contributed by atoms with Gasteiger partial charge in [0, 0.05) is 23.0 Å². The first-order valence-corrected chi connectivity index (χ1v) is 16.7. The highest BCUT2D eigenvalue weighted by atomic mass is 16.5. The number of hydrogen-bond donors (Lipinski definition) is 0. The number of fused-ring (bicyclic) bond motifs is 11. The molecule has 0 saturated carbocycles. The van der Waals surface area contributed by atoms with E-state index < -0.39 is 0 Å². The van der Waals surface area contributed by atoms with Crippen LogP contribution in [0, 0.1) is 0 Å². The van der Waals surface area contributed by atoms with Crippen molar-refractivity contribution in [3.8, 4) is 34.2 Å². The van der Waals surface area contributed by atoms with Gasteiger partial charge in [0.25, 0.3) is 0 Å². The van der Waals surface area contributed by atoms with Gasteiger partial charge in [-0.3, -0.25) is 0 Å². The van der Waals surface area contributed by atoms with E-state index in [1.807, 2.05) is 54.7 Å². The van der Waals surface area contributed by atoms with E-state index in [1.165, 1.54) is 28.0 Å². The van der Waals surface area contributed by atoms with Crippen molar-refractivity contribution in [2.75, 3.05) is 14.5 Å². The van der Waals surface area contributed by atoms with E-state index in [1.54, 1.807) is 0 Å². The number of ether oxygens (including phenoxy) is 1. The second-order valence-electron chi connectivity index (χ2n) is 12.7. The largest absolute Gasteiger partial charge is 0.453 e. The molecule has 6 aromatic carbocycles. The van der Waals surface area contributed by atoms with Gasteiger partial charge in [-0.15, -0.1) is 0 Å². The van der Waals surface area contributed by atoms with Crippen LogP contribution in [0.15, 0.2) is 162 Å². The normalized spacial score (nSPS) is 13.6. The number of oxazole rings is 1. The first-order valence-electron chi connectivity index (χ1n) is 16.7. The van der Waals surface area contributed by atoms with E-state index in [-0.39, 0.29) is 6.98 Å². The molecule has 2 aromatic heterocycles. The molecule has 0 saturated heterocycles. The van der Waals surface area contributed by atoms with Crippen LogP contribution in [-0.4, -0.2) is 17.0 Å². The zero-order chi connectivity index (χ0) is 32.8. The summed E-state index contributed by atoms with van der Waals surface area (Å²) in [5.74, 6) is 2.08. The van der Waals surface area contributed by atoms with E-state index in [0.717, 1.165) is 45.5 Å². The van der Waals surface area contributed by atoms with E-state index >= 15 is 0 Å². The van der Waals surface area contributed by atoms with Crippen LogP contribution in [-0.2, 0) is 0 Å². The molecule has 234 valence electrons. The van der Waals surface area contributed by atoms with Crippen LogP contribution < -0.4 is 24.7 Å². The van der Waals surface area contributed by atoms with E-state index in [9.17, 15) is 0 Å². The van der Waals surface area contributed by atoms with Gasteiger partial charge in [-0.1, -0.05) is 78.9 Å². The SMILES string of the molecule is c1ccc2c(c1)Oc1ccccc1N2c1ccc(-c2nc3ccc(N4B5c6ccccc6-c6ccccc6N5c5ccccc54)cc3o2)nc1. The number of aromatic nitrogens is 2. The number of nitrogens with zero attached hydrogens (tertiary/aromatic N) is 5. The maximum Gasteiger partial charge on any atom is 0.421 e. The average molecular weight is 644 g/mol. The maximum atomic E-state index is 6.45. The Kier molecular flexibility index (Phi) is 5.63. The van der Waals surface area contributed by atoms with Crippen molar-refractivity contribution >= 4 is 63.4 Å². The smallest absolute Gasteiger partial charge is 0.421 e. The van der Waals surface area contributed by atoms with Crippen LogP contribution in [0.3, 0.4) is 0 Å². The molecule has 0 fully saturated rings. The number of anilines is 7. The molecule has 3 aliphatic heterocycles. The fourth-order valence-corrected chi connectivity index (χ4v) is 7.75. The average Bonchev–Trinajstić information content (AvgIpc) is 3.77. The minimum absolute atomic E-state index is 0.0528. The van der Waals surface area contributed by atoms with Crippen LogP contribution in [0.25, 0.3) is 33.8 Å². The fourth-order valence-electron chi connectivity index (χ4n) is 7.75. The Labute approximate surface area is 288 Å². The molecular weight excluding hydrogens is 617 g/mol. The molecule has 50 heavy (non-hydrogen) atoms. The lowest BCUT2D eigenvalue weighted by Gasteiger charge is -2.36. The minimum atomic E-state index is -0.0528. The van der Waals surface area contributed by atoms with Crippen LogP contribution >= 0.6 is 0 Å². The number of pyridine rings is 1. The third kappa shape index (κ3) is 3.87. The predicted octanol–water partition coefficient (Wildman–Crippen LogP) is 10.1. The van der Waals surface area contributed by atoms with Crippen LogP contribution in [0.1, 0.15) is 0 Å². The summed E-state index contributed by atoms with van der Waals surface area (Å²) < 4.78 is 12.6. The molecule has 7 nitrogen and oxygen atoms in total. The number of hydrogen-bond acceptors (Lipinski definition) is 7. The van der Waals surface area contributed by atoms with Crippen LogP contribution in [0.5, 0.6) is 11.5 Å². The molecule has 0 radical (unpaired) electrons. The molecular formula is C42H26BN5O2. The fraction of sp³-hybridized carbons (Fsp3) is 0. The summed E-state index contributed by atoms with van der Waals surface area (Å²) in [5.41, 5.74) is 13.3. The summed E-state index contributed by atoms with van der Waals surface area (Å²) >= 11 is 0. The van der Waals surface area contributed by atoms with Crippen molar-refractivity contribution in [3.05, 3.63) is 158 Å². The van der Waals surface area contributed by atoms with E-state index in [2.05, 4.69) is 118 Å². The Morgan fingerprint density at radius 3 is 1.88 bits per heavy atom. The standard InChI is InChI=1S/C42H26BN5O2/c1-3-13-31-29(11-1)30-12-2-4-14-34(30)48-36-16-6-5-15-35(36)47(43(31)48)27-21-23-32-41(25-27)50-42(45-32)33-24-22-28(26-44-33)46-37-17-7-9-19-39(37)49-40-20-10-8-18-38(40)46/h1-26H. The third-order valence-corrected chi connectivity index (χ3v) is 9.89.